The number of carboxylic acids is 1. The number of carbonyl (C=O) groups excluding carboxylic acids is 1. The normalized spacial score (nSPS) is 11.9. The zero-order chi connectivity index (χ0) is 11.4. The first-order valence-electron chi connectivity index (χ1n) is 4.36. The van der Waals surface area contributed by atoms with Crippen LogP contribution in [-0.2, 0) is 4.79 Å². The minimum Gasteiger partial charge on any atom is -0.475 e. The Morgan fingerprint density at radius 1 is 1.47 bits per heavy atom. The summed E-state index contributed by atoms with van der Waals surface area (Å²) in [6.07, 6.45) is 0. The summed E-state index contributed by atoms with van der Waals surface area (Å²) in [5, 5.41) is 13.8. The number of carboxylic acid groups (broad SMARTS) is 1. The number of likely N-dealkylation sites (N-methyl/N-ethyl adjacent to an activating group) is 1. The first-order valence-corrected chi connectivity index (χ1v) is 4.36. The summed E-state index contributed by atoms with van der Waals surface area (Å²) in [4.78, 5) is 21.6. The Bertz CT molecular complexity index is 372. The maximum Gasteiger partial charge on any atom is 0.371 e. The molecule has 0 aliphatic rings. The van der Waals surface area contributed by atoms with Crippen LogP contribution in [0.15, 0.2) is 16.5 Å². The van der Waals surface area contributed by atoms with Crippen LogP contribution in [0.2, 0.25) is 0 Å². The molecule has 6 nitrogen and oxygen atoms in total. The van der Waals surface area contributed by atoms with E-state index in [0.717, 1.165) is 0 Å². The Balaban J connectivity index is 2.65. The van der Waals surface area contributed by atoms with Gasteiger partial charge in [-0.25, -0.2) is 4.79 Å². The predicted octanol–water partition coefficient (Wildman–Crippen LogP) is 0.524. The number of aromatic carboxylic acids is 1. The van der Waals surface area contributed by atoms with Crippen LogP contribution in [0.5, 0.6) is 0 Å². The van der Waals surface area contributed by atoms with Crippen LogP contribution in [0.1, 0.15) is 17.5 Å². The van der Waals surface area contributed by atoms with Crippen molar-refractivity contribution < 1.29 is 19.1 Å². The van der Waals surface area contributed by atoms with Gasteiger partial charge in [-0.05, 0) is 13.0 Å². The van der Waals surface area contributed by atoms with Gasteiger partial charge in [-0.3, -0.25) is 4.79 Å². The van der Waals surface area contributed by atoms with Crippen molar-refractivity contribution in [1.82, 2.24) is 5.32 Å². The van der Waals surface area contributed by atoms with Gasteiger partial charge in [0.25, 0.3) is 0 Å². The molecule has 0 radical (unpaired) electrons. The first-order chi connectivity index (χ1) is 7.04. The molecule has 3 N–H and O–H groups in total. The molecule has 6 heteroatoms. The number of rotatable bonds is 4. The molecule has 0 aliphatic heterocycles. The average molecular weight is 212 g/mol. The molecular formula is C9H12N2O4. The van der Waals surface area contributed by atoms with Gasteiger partial charge in [0.15, 0.2) is 5.88 Å². The zero-order valence-corrected chi connectivity index (χ0v) is 8.40. The van der Waals surface area contributed by atoms with E-state index in [4.69, 9.17) is 9.52 Å². The summed E-state index contributed by atoms with van der Waals surface area (Å²) in [5.74, 6) is -1.26. The smallest absolute Gasteiger partial charge is 0.371 e. The maximum atomic E-state index is 11.1. The Morgan fingerprint density at radius 3 is 2.60 bits per heavy atom. The van der Waals surface area contributed by atoms with Crippen molar-refractivity contribution in [3.05, 3.63) is 17.9 Å². The molecule has 1 rings (SSSR count). The van der Waals surface area contributed by atoms with E-state index >= 15 is 0 Å². The number of furan rings is 1. The fraction of sp³-hybridized carbons (Fsp3) is 0.333. The van der Waals surface area contributed by atoms with Gasteiger partial charge in [0.2, 0.25) is 11.7 Å². The molecule has 1 heterocycles. The maximum absolute atomic E-state index is 11.1. The molecule has 0 saturated carbocycles. The SMILES string of the molecule is CNC(=O)C(C)Nc1ccc(C(=O)O)o1. The molecule has 0 aliphatic carbocycles. The van der Waals surface area contributed by atoms with E-state index < -0.39 is 12.0 Å². The highest BCUT2D eigenvalue weighted by molar-refractivity contribution is 5.86. The fourth-order valence-corrected chi connectivity index (χ4v) is 1.03. The molecule has 1 unspecified atom stereocenters. The van der Waals surface area contributed by atoms with Gasteiger partial charge >= 0.3 is 5.97 Å². The average Bonchev–Trinajstić information content (AvgIpc) is 2.65. The Hall–Kier alpha value is -1.98. The highest BCUT2D eigenvalue weighted by atomic mass is 16.4. The van der Waals surface area contributed by atoms with E-state index in [1.54, 1.807) is 6.92 Å². The summed E-state index contributed by atoms with van der Waals surface area (Å²) in [7, 11) is 1.52. The minimum atomic E-state index is -1.14. The molecule has 0 saturated heterocycles. The lowest BCUT2D eigenvalue weighted by molar-refractivity contribution is -0.121. The Morgan fingerprint density at radius 2 is 2.13 bits per heavy atom. The molecule has 1 atom stereocenters. The Labute approximate surface area is 86.3 Å². The minimum absolute atomic E-state index is 0.165. The highest BCUT2D eigenvalue weighted by Gasteiger charge is 2.14. The van der Waals surface area contributed by atoms with Gasteiger partial charge in [-0.2, -0.15) is 0 Å². The molecule has 0 bridgehead atoms. The van der Waals surface area contributed by atoms with Gasteiger partial charge in [-0.1, -0.05) is 0 Å². The van der Waals surface area contributed by atoms with E-state index in [1.807, 2.05) is 0 Å². The standard InChI is InChI=1S/C9H12N2O4/c1-5(8(12)10-2)11-7-4-3-6(15-7)9(13)14/h3-5,11H,1-2H3,(H,10,12)(H,13,14). The molecule has 0 aromatic carbocycles. The third-order valence-corrected chi connectivity index (χ3v) is 1.82. The van der Waals surface area contributed by atoms with Crippen molar-refractivity contribution in [3.8, 4) is 0 Å². The van der Waals surface area contributed by atoms with E-state index in [-0.39, 0.29) is 17.6 Å². The number of hydrogen-bond acceptors (Lipinski definition) is 4. The van der Waals surface area contributed by atoms with Gasteiger partial charge < -0.3 is 20.2 Å². The van der Waals surface area contributed by atoms with Crippen molar-refractivity contribution in [3.63, 3.8) is 0 Å². The van der Waals surface area contributed by atoms with Crippen LogP contribution in [0.3, 0.4) is 0 Å². The topological polar surface area (TPSA) is 91.6 Å². The van der Waals surface area contributed by atoms with Gasteiger partial charge in [0, 0.05) is 13.1 Å². The molecule has 82 valence electrons. The van der Waals surface area contributed by atoms with Crippen molar-refractivity contribution in [2.75, 3.05) is 12.4 Å². The number of anilines is 1. The monoisotopic (exact) mass is 212 g/mol. The molecule has 0 spiro atoms. The number of hydrogen-bond donors (Lipinski definition) is 3. The van der Waals surface area contributed by atoms with E-state index in [1.165, 1.54) is 19.2 Å². The summed E-state index contributed by atoms with van der Waals surface area (Å²) < 4.78 is 4.92. The van der Waals surface area contributed by atoms with E-state index in [9.17, 15) is 9.59 Å². The second kappa shape index (κ2) is 4.50. The van der Waals surface area contributed by atoms with Crippen molar-refractivity contribution in [2.45, 2.75) is 13.0 Å². The van der Waals surface area contributed by atoms with Crippen LogP contribution < -0.4 is 10.6 Å². The quantitative estimate of drug-likeness (QED) is 0.676. The lowest BCUT2D eigenvalue weighted by Gasteiger charge is -2.10. The highest BCUT2D eigenvalue weighted by Crippen LogP contribution is 2.14. The number of nitrogens with one attached hydrogen (secondary N) is 2. The molecule has 1 aromatic rings. The predicted molar refractivity (Wildman–Crippen MR) is 52.8 cm³/mol. The van der Waals surface area contributed by atoms with Crippen LogP contribution in [0, 0.1) is 0 Å². The van der Waals surface area contributed by atoms with Gasteiger partial charge in [0.1, 0.15) is 6.04 Å². The van der Waals surface area contributed by atoms with E-state index in [0.29, 0.717) is 0 Å². The van der Waals surface area contributed by atoms with Gasteiger partial charge in [-0.15, -0.1) is 0 Å². The summed E-state index contributed by atoms with van der Waals surface area (Å²) >= 11 is 0. The van der Waals surface area contributed by atoms with E-state index in [2.05, 4.69) is 10.6 Å². The fourth-order valence-electron chi connectivity index (χ4n) is 1.03. The lowest BCUT2D eigenvalue weighted by atomic mass is 10.3. The number of carbonyl (C=O) groups is 2. The Kier molecular flexibility index (Phi) is 3.33. The van der Waals surface area contributed by atoms with Crippen LogP contribution >= 0.6 is 0 Å². The molecular weight excluding hydrogens is 200 g/mol. The molecule has 1 amide bonds. The van der Waals surface area contributed by atoms with Crippen LogP contribution in [0.25, 0.3) is 0 Å². The summed E-state index contributed by atoms with van der Waals surface area (Å²) in [5.41, 5.74) is 0. The molecule has 1 aromatic heterocycles. The van der Waals surface area contributed by atoms with Crippen LogP contribution in [0.4, 0.5) is 5.88 Å². The van der Waals surface area contributed by atoms with Crippen molar-refractivity contribution >= 4 is 17.8 Å². The molecule has 15 heavy (non-hydrogen) atoms. The van der Waals surface area contributed by atoms with Gasteiger partial charge in [0.05, 0.1) is 0 Å². The third kappa shape index (κ3) is 2.73. The summed E-state index contributed by atoms with van der Waals surface area (Å²) in [6.45, 7) is 1.64. The van der Waals surface area contributed by atoms with Crippen LogP contribution in [-0.4, -0.2) is 30.1 Å². The second-order valence-corrected chi connectivity index (χ2v) is 2.95. The van der Waals surface area contributed by atoms with Crippen molar-refractivity contribution in [2.24, 2.45) is 0 Å². The van der Waals surface area contributed by atoms with Crippen molar-refractivity contribution in [1.29, 1.82) is 0 Å². The zero-order valence-electron chi connectivity index (χ0n) is 8.40. The second-order valence-electron chi connectivity index (χ2n) is 2.95. The molecule has 0 fully saturated rings. The summed E-state index contributed by atoms with van der Waals surface area (Å²) in [6, 6.07) is 2.30. The lowest BCUT2D eigenvalue weighted by Crippen LogP contribution is -2.35. The number of amides is 1. The third-order valence-electron chi connectivity index (χ3n) is 1.82. The first kappa shape index (κ1) is 11.1. The largest absolute Gasteiger partial charge is 0.475 e.